The molecule has 0 aromatic heterocycles. The lowest BCUT2D eigenvalue weighted by molar-refractivity contribution is -0.182. The van der Waals surface area contributed by atoms with Crippen LogP contribution in [0.4, 0.5) is 0 Å². The third kappa shape index (κ3) is 3.85. The maximum absolute atomic E-state index is 12.0. The number of aliphatic hydroxyl groups excluding tert-OH is 1. The van der Waals surface area contributed by atoms with Crippen LogP contribution in [0.1, 0.15) is 19.3 Å². The van der Waals surface area contributed by atoms with Gasteiger partial charge in [0.05, 0.1) is 6.42 Å². The first-order chi connectivity index (χ1) is 10.6. The molecule has 2 fully saturated rings. The highest BCUT2D eigenvalue weighted by Crippen LogP contribution is 2.45. The molecular formula is C13H18Cl3N3O4. The first-order valence-electron chi connectivity index (χ1n) is 7.00. The number of primary amides is 1. The summed E-state index contributed by atoms with van der Waals surface area (Å²) in [7, 11) is 0. The summed E-state index contributed by atoms with van der Waals surface area (Å²) in [6.07, 6.45) is 0.496. The molecule has 3 atom stereocenters. The van der Waals surface area contributed by atoms with Crippen LogP contribution < -0.4 is 11.1 Å². The first-order valence-corrected chi connectivity index (χ1v) is 8.14. The van der Waals surface area contributed by atoms with Crippen LogP contribution in [0.5, 0.6) is 0 Å². The zero-order valence-electron chi connectivity index (χ0n) is 12.2. The van der Waals surface area contributed by atoms with E-state index in [9.17, 15) is 14.7 Å². The lowest BCUT2D eigenvalue weighted by atomic mass is 9.90. The van der Waals surface area contributed by atoms with Gasteiger partial charge in [-0.15, -0.1) is 0 Å². The molecule has 0 saturated carbocycles. The van der Waals surface area contributed by atoms with E-state index in [0.717, 1.165) is 6.42 Å². The molecule has 7 nitrogen and oxygen atoms in total. The summed E-state index contributed by atoms with van der Waals surface area (Å²) < 4.78 is 3.40. The fourth-order valence-electron chi connectivity index (χ4n) is 3.18. The molecule has 2 heterocycles. The van der Waals surface area contributed by atoms with Crippen molar-refractivity contribution in [3.05, 3.63) is 12.3 Å². The molecule has 23 heavy (non-hydrogen) atoms. The summed E-state index contributed by atoms with van der Waals surface area (Å²) in [6.45, 7) is 4.08. The molecule has 2 rings (SSSR count). The van der Waals surface area contributed by atoms with Crippen molar-refractivity contribution in [1.29, 1.82) is 0 Å². The Morgan fingerprint density at radius 3 is 2.78 bits per heavy atom. The number of nitrogens with one attached hydrogen (secondary N) is 1. The Kier molecular flexibility index (Phi) is 5.37. The molecule has 2 saturated heterocycles. The summed E-state index contributed by atoms with van der Waals surface area (Å²) >= 11 is 17.8. The van der Waals surface area contributed by atoms with Gasteiger partial charge in [0.25, 0.3) is 0 Å². The smallest absolute Gasteiger partial charge is 0.309 e. The maximum Gasteiger partial charge on any atom is 0.309 e. The predicted octanol–water partition coefficient (Wildman–Crippen LogP) is 0.979. The summed E-state index contributed by atoms with van der Waals surface area (Å²) in [4.78, 5) is 25.1. The molecule has 0 aromatic carbocycles. The fourth-order valence-corrected chi connectivity index (χ4v) is 3.67. The molecule has 0 spiro atoms. The van der Waals surface area contributed by atoms with E-state index in [4.69, 9.17) is 45.3 Å². The highest BCUT2D eigenvalue weighted by molar-refractivity contribution is 6.68. The van der Waals surface area contributed by atoms with Crippen molar-refractivity contribution in [2.24, 2.45) is 5.73 Å². The highest BCUT2D eigenvalue weighted by Gasteiger charge is 2.56. The number of hydrogen-bond donors (Lipinski definition) is 3. The van der Waals surface area contributed by atoms with Crippen LogP contribution in [0.2, 0.25) is 0 Å². The Morgan fingerprint density at radius 2 is 2.26 bits per heavy atom. The average Bonchev–Trinajstić information content (AvgIpc) is 2.79. The molecule has 2 aliphatic heterocycles. The molecule has 0 unspecified atom stereocenters. The SMILES string of the molecule is C=C(O)[C@H](NC[C@]12CCCN1[C@H](C(Cl)(Cl)Cl)OC(=O)C2)C(N)=O. The number of aliphatic hydroxyl groups is 1. The third-order valence-corrected chi connectivity index (χ3v) is 4.74. The minimum absolute atomic E-state index is 0.0840. The van der Waals surface area contributed by atoms with Crippen molar-refractivity contribution < 1.29 is 19.4 Å². The normalized spacial score (nSPS) is 29.7. The van der Waals surface area contributed by atoms with Crippen LogP contribution in [0.3, 0.4) is 0 Å². The van der Waals surface area contributed by atoms with Crippen LogP contribution in [0, 0.1) is 0 Å². The van der Waals surface area contributed by atoms with E-state index in [1.165, 1.54) is 0 Å². The molecule has 4 N–H and O–H groups in total. The lowest BCUT2D eigenvalue weighted by Crippen LogP contribution is -2.65. The highest BCUT2D eigenvalue weighted by atomic mass is 35.6. The predicted molar refractivity (Wildman–Crippen MR) is 86.2 cm³/mol. The minimum atomic E-state index is -1.80. The van der Waals surface area contributed by atoms with Gasteiger partial charge in [-0.2, -0.15) is 0 Å². The molecule has 0 aromatic rings. The number of hydrogen-bond acceptors (Lipinski definition) is 6. The van der Waals surface area contributed by atoms with E-state index in [-0.39, 0.29) is 13.0 Å². The van der Waals surface area contributed by atoms with Crippen molar-refractivity contribution in [3.8, 4) is 0 Å². The van der Waals surface area contributed by atoms with E-state index in [1.807, 2.05) is 4.90 Å². The zero-order valence-corrected chi connectivity index (χ0v) is 14.5. The number of ether oxygens (including phenoxy) is 1. The number of esters is 1. The molecule has 0 radical (unpaired) electrons. The van der Waals surface area contributed by atoms with Crippen molar-refractivity contribution in [2.45, 2.75) is 40.9 Å². The number of cyclic esters (lactones) is 1. The van der Waals surface area contributed by atoms with Gasteiger partial charge in [-0.25, -0.2) is 0 Å². The van der Waals surface area contributed by atoms with E-state index in [0.29, 0.717) is 13.0 Å². The summed E-state index contributed by atoms with van der Waals surface area (Å²) in [5, 5.41) is 12.3. The van der Waals surface area contributed by atoms with Gasteiger partial charge < -0.3 is 15.6 Å². The van der Waals surface area contributed by atoms with Gasteiger partial charge in [0.15, 0.2) is 0 Å². The third-order valence-electron chi connectivity index (χ3n) is 4.18. The standard InChI is InChI=1S/C13H18Cl3N3O4/c1-7(20)9(10(17)22)18-6-12-3-2-4-19(12)11(13(14,15)16)23-8(21)5-12/h9,11,18,20H,1-6H2,(H2,17,22)/t9-,11-,12+/m0/s1. The van der Waals surface area contributed by atoms with Gasteiger partial charge in [0, 0.05) is 18.6 Å². The molecule has 130 valence electrons. The summed E-state index contributed by atoms with van der Waals surface area (Å²) in [6, 6.07) is -1.11. The summed E-state index contributed by atoms with van der Waals surface area (Å²) in [5.74, 6) is -1.65. The number of nitrogens with zero attached hydrogens (tertiary/aromatic N) is 1. The van der Waals surface area contributed by atoms with Gasteiger partial charge in [0.2, 0.25) is 15.9 Å². The van der Waals surface area contributed by atoms with Gasteiger partial charge in [-0.05, 0) is 12.8 Å². The van der Waals surface area contributed by atoms with Crippen molar-refractivity contribution >= 4 is 46.7 Å². The number of fused-ring (bicyclic) bond motifs is 1. The molecule has 0 bridgehead atoms. The van der Waals surface area contributed by atoms with Gasteiger partial charge in [0.1, 0.15) is 11.8 Å². The van der Waals surface area contributed by atoms with Crippen LogP contribution in [0.25, 0.3) is 0 Å². The molecule has 10 heteroatoms. The number of halogens is 3. The number of nitrogens with two attached hydrogens (primary N) is 1. The molecular weight excluding hydrogens is 369 g/mol. The van der Waals surface area contributed by atoms with Crippen molar-refractivity contribution in [1.82, 2.24) is 10.2 Å². The maximum atomic E-state index is 12.0. The Bertz CT molecular complexity index is 511. The topological polar surface area (TPSA) is 105 Å². The van der Waals surface area contributed by atoms with E-state index >= 15 is 0 Å². The monoisotopic (exact) mass is 385 g/mol. The van der Waals surface area contributed by atoms with Crippen molar-refractivity contribution in [2.75, 3.05) is 13.1 Å². The second-order valence-electron chi connectivity index (χ2n) is 5.79. The number of alkyl halides is 3. The second-order valence-corrected chi connectivity index (χ2v) is 8.16. The Morgan fingerprint density at radius 1 is 1.61 bits per heavy atom. The minimum Gasteiger partial charge on any atom is -0.511 e. The Balaban J connectivity index is 2.21. The second kappa shape index (κ2) is 6.64. The first kappa shape index (κ1) is 18.6. The van der Waals surface area contributed by atoms with E-state index in [2.05, 4.69) is 11.9 Å². The largest absolute Gasteiger partial charge is 0.511 e. The zero-order chi connectivity index (χ0) is 17.4. The van der Waals surface area contributed by atoms with Crippen LogP contribution in [-0.2, 0) is 14.3 Å². The van der Waals surface area contributed by atoms with Crippen LogP contribution in [-0.4, -0.2) is 56.6 Å². The van der Waals surface area contributed by atoms with Gasteiger partial charge in [-0.3, -0.25) is 19.8 Å². The fraction of sp³-hybridized carbons (Fsp3) is 0.692. The van der Waals surface area contributed by atoms with Crippen LogP contribution >= 0.6 is 34.8 Å². The number of amides is 1. The van der Waals surface area contributed by atoms with Crippen molar-refractivity contribution in [3.63, 3.8) is 0 Å². The van der Waals surface area contributed by atoms with Gasteiger partial charge >= 0.3 is 5.97 Å². The Labute approximate surface area is 148 Å². The van der Waals surface area contributed by atoms with Crippen LogP contribution in [0.15, 0.2) is 12.3 Å². The number of rotatable bonds is 5. The summed E-state index contributed by atoms with van der Waals surface area (Å²) in [5.41, 5.74) is 4.55. The Hall–Kier alpha value is -0.730. The number of carbonyl (C=O) groups excluding carboxylic acids is 2. The molecule has 2 aliphatic rings. The van der Waals surface area contributed by atoms with Gasteiger partial charge in [-0.1, -0.05) is 41.4 Å². The lowest BCUT2D eigenvalue weighted by Gasteiger charge is -2.48. The average molecular weight is 387 g/mol. The van der Waals surface area contributed by atoms with E-state index < -0.39 is 39.2 Å². The quantitative estimate of drug-likeness (QED) is 0.369. The van der Waals surface area contributed by atoms with E-state index in [1.54, 1.807) is 0 Å². The molecule has 1 amide bonds. The molecule has 0 aliphatic carbocycles. The number of carbonyl (C=O) groups is 2.